The first-order chi connectivity index (χ1) is 8.46. The number of anilines is 1. The van der Waals surface area contributed by atoms with E-state index in [2.05, 4.69) is 15.0 Å². The molecule has 102 valence electrons. The van der Waals surface area contributed by atoms with Gasteiger partial charge in [-0.2, -0.15) is 0 Å². The highest BCUT2D eigenvalue weighted by Crippen LogP contribution is 2.26. The lowest BCUT2D eigenvalue weighted by Gasteiger charge is -2.09. The molecule has 0 saturated carbocycles. The van der Waals surface area contributed by atoms with Gasteiger partial charge in [-0.3, -0.25) is 4.72 Å². The van der Waals surface area contributed by atoms with Crippen LogP contribution in [-0.4, -0.2) is 25.7 Å². The Morgan fingerprint density at radius 2 is 2.28 bits per heavy atom. The number of fused-ring (bicyclic) bond motifs is 1. The monoisotopic (exact) mass is 289 g/mol. The van der Waals surface area contributed by atoms with E-state index in [1.54, 1.807) is 0 Å². The van der Waals surface area contributed by atoms with E-state index in [9.17, 15) is 8.42 Å². The minimum atomic E-state index is -3.25. The summed E-state index contributed by atoms with van der Waals surface area (Å²) in [5.41, 5.74) is 1.03. The lowest BCUT2D eigenvalue weighted by Crippen LogP contribution is -2.22. The second-order valence-corrected chi connectivity index (χ2v) is 7.84. The average molecular weight is 289 g/mol. The van der Waals surface area contributed by atoms with Crippen LogP contribution in [0.5, 0.6) is 0 Å². The molecule has 2 N–H and O–H groups in total. The fourth-order valence-corrected chi connectivity index (χ4v) is 4.32. The van der Waals surface area contributed by atoms with Crippen molar-refractivity contribution < 1.29 is 8.42 Å². The zero-order valence-electron chi connectivity index (χ0n) is 10.7. The summed E-state index contributed by atoms with van der Waals surface area (Å²) in [4.78, 5) is 5.49. The van der Waals surface area contributed by atoms with E-state index in [1.807, 2.05) is 13.8 Å². The predicted molar refractivity (Wildman–Crippen MR) is 74.4 cm³/mol. The summed E-state index contributed by atoms with van der Waals surface area (Å²) in [7, 11) is -3.25. The number of aromatic nitrogens is 1. The van der Waals surface area contributed by atoms with Gasteiger partial charge in [0.15, 0.2) is 5.13 Å². The molecule has 1 aliphatic heterocycles. The van der Waals surface area contributed by atoms with Gasteiger partial charge >= 0.3 is 0 Å². The molecule has 0 unspecified atom stereocenters. The van der Waals surface area contributed by atoms with Gasteiger partial charge in [0.25, 0.3) is 0 Å². The van der Waals surface area contributed by atoms with Crippen molar-refractivity contribution >= 4 is 26.5 Å². The number of rotatable bonds is 5. The van der Waals surface area contributed by atoms with Crippen LogP contribution < -0.4 is 10.0 Å². The molecule has 0 aromatic carbocycles. The third-order valence-electron chi connectivity index (χ3n) is 2.81. The highest BCUT2D eigenvalue weighted by molar-refractivity contribution is 7.92. The van der Waals surface area contributed by atoms with Crippen molar-refractivity contribution in [2.24, 2.45) is 5.92 Å². The normalized spacial score (nSPS) is 15.7. The molecule has 0 spiro atoms. The Labute approximate surface area is 112 Å². The van der Waals surface area contributed by atoms with E-state index in [1.165, 1.54) is 11.3 Å². The van der Waals surface area contributed by atoms with E-state index in [-0.39, 0.29) is 5.75 Å². The number of sulfonamides is 1. The molecule has 0 bridgehead atoms. The van der Waals surface area contributed by atoms with E-state index >= 15 is 0 Å². The highest BCUT2D eigenvalue weighted by atomic mass is 32.2. The summed E-state index contributed by atoms with van der Waals surface area (Å²) < 4.78 is 26.3. The van der Waals surface area contributed by atoms with Crippen LogP contribution in [0.4, 0.5) is 5.13 Å². The lowest BCUT2D eigenvalue weighted by atomic mass is 10.2. The Kier molecular flexibility index (Phi) is 4.24. The maximum atomic E-state index is 11.9. The highest BCUT2D eigenvalue weighted by Gasteiger charge is 2.18. The van der Waals surface area contributed by atoms with Gasteiger partial charge in [-0.25, -0.2) is 13.4 Å². The van der Waals surface area contributed by atoms with Gasteiger partial charge in [-0.15, -0.1) is 0 Å². The predicted octanol–water partition coefficient (Wildman–Crippen LogP) is 1.58. The number of hydrogen-bond acceptors (Lipinski definition) is 5. The van der Waals surface area contributed by atoms with Gasteiger partial charge in [0.1, 0.15) is 0 Å². The summed E-state index contributed by atoms with van der Waals surface area (Å²) in [5, 5.41) is 3.76. The molecular weight excluding hydrogens is 270 g/mol. The third kappa shape index (κ3) is 3.66. The van der Waals surface area contributed by atoms with Crippen LogP contribution >= 0.6 is 11.3 Å². The molecule has 1 aromatic rings. The second-order valence-electron chi connectivity index (χ2n) is 4.92. The van der Waals surface area contributed by atoms with Crippen LogP contribution in [0, 0.1) is 5.92 Å². The van der Waals surface area contributed by atoms with Crippen LogP contribution in [0.3, 0.4) is 0 Å². The molecule has 0 atom stereocenters. The standard InChI is InChI=1S/C11H19N3O2S2/c1-8(2)4-6-18(15,16)14-11-13-9-3-5-12-7-10(9)17-11/h8,12H,3-7H2,1-2H3,(H,13,14). The lowest BCUT2D eigenvalue weighted by molar-refractivity contribution is 0.578. The largest absolute Gasteiger partial charge is 0.311 e. The summed E-state index contributed by atoms with van der Waals surface area (Å²) in [6, 6.07) is 0. The summed E-state index contributed by atoms with van der Waals surface area (Å²) >= 11 is 1.43. The molecule has 5 nitrogen and oxygen atoms in total. The zero-order valence-corrected chi connectivity index (χ0v) is 12.3. The fourth-order valence-electron chi connectivity index (χ4n) is 1.74. The van der Waals surface area contributed by atoms with Crippen LogP contribution in [0.2, 0.25) is 0 Å². The van der Waals surface area contributed by atoms with Crippen LogP contribution in [0.1, 0.15) is 30.8 Å². The van der Waals surface area contributed by atoms with Crippen LogP contribution in [-0.2, 0) is 23.0 Å². The third-order valence-corrected chi connectivity index (χ3v) is 5.23. The van der Waals surface area contributed by atoms with E-state index in [0.717, 1.165) is 30.1 Å². The molecule has 2 heterocycles. The van der Waals surface area contributed by atoms with Gasteiger partial charge < -0.3 is 5.32 Å². The van der Waals surface area contributed by atoms with E-state index < -0.39 is 10.0 Å². The SMILES string of the molecule is CC(C)CCS(=O)(=O)Nc1nc2c(s1)CNCC2. The molecule has 7 heteroatoms. The summed E-state index contributed by atoms with van der Waals surface area (Å²) in [6.07, 6.45) is 1.54. The maximum absolute atomic E-state index is 11.9. The molecule has 0 saturated heterocycles. The van der Waals surface area contributed by atoms with Gasteiger partial charge in [-0.05, 0) is 12.3 Å². The minimum Gasteiger partial charge on any atom is -0.311 e. The van der Waals surface area contributed by atoms with Crippen molar-refractivity contribution in [2.75, 3.05) is 17.0 Å². The van der Waals surface area contributed by atoms with Gasteiger partial charge in [-0.1, -0.05) is 25.2 Å². The molecule has 0 radical (unpaired) electrons. The van der Waals surface area contributed by atoms with Crippen molar-refractivity contribution in [1.29, 1.82) is 0 Å². The number of nitrogens with one attached hydrogen (secondary N) is 2. The van der Waals surface area contributed by atoms with Crippen LogP contribution in [0.15, 0.2) is 0 Å². The van der Waals surface area contributed by atoms with Gasteiger partial charge in [0, 0.05) is 24.4 Å². The average Bonchev–Trinajstić information content (AvgIpc) is 2.67. The number of hydrogen-bond donors (Lipinski definition) is 2. The molecule has 0 fully saturated rings. The topological polar surface area (TPSA) is 71.1 Å². The summed E-state index contributed by atoms with van der Waals surface area (Å²) in [5.74, 6) is 0.544. The smallest absolute Gasteiger partial charge is 0.234 e. The Morgan fingerprint density at radius 3 is 2.94 bits per heavy atom. The number of thiazole rings is 1. The van der Waals surface area contributed by atoms with Crippen molar-refractivity contribution in [2.45, 2.75) is 33.2 Å². The Hall–Kier alpha value is -0.660. The first-order valence-corrected chi connectivity index (χ1v) is 8.63. The molecule has 1 aliphatic rings. The van der Waals surface area contributed by atoms with Gasteiger partial charge in [0.2, 0.25) is 10.0 Å². The number of nitrogens with zero attached hydrogens (tertiary/aromatic N) is 1. The van der Waals surface area contributed by atoms with Crippen LogP contribution in [0.25, 0.3) is 0 Å². The quantitative estimate of drug-likeness (QED) is 0.863. The Bertz CT molecular complexity index is 485. The first kappa shape index (κ1) is 13.8. The Balaban J connectivity index is 2.02. The minimum absolute atomic E-state index is 0.160. The fraction of sp³-hybridized carbons (Fsp3) is 0.727. The zero-order chi connectivity index (χ0) is 13.2. The van der Waals surface area contributed by atoms with E-state index in [0.29, 0.717) is 17.5 Å². The molecule has 0 amide bonds. The summed E-state index contributed by atoms with van der Waals surface area (Å²) in [6.45, 7) is 5.74. The van der Waals surface area contributed by atoms with Crippen molar-refractivity contribution in [3.63, 3.8) is 0 Å². The van der Waals surface area contributed by atoms with Crippen molar-refractivity contribution in [1.82, 2.24) is 10.3 Å². The molecule has 1 aromatic heterocycles. The molecule has 2 rings (SSSR count). The first-order valence-electron chi connectivity index (χ1n) is 6.16. The second kappa shape index (κ2) is 5.54. The van der Waals surface area contributed by atoms with Gasteiger partial charge in [0.05, 0.1) is 11.4 Å². The van der Waals surface area contributed by atoms with Crippen molar-refractivity contribution in [3.8, 4) is 0 Å². The molecule has 0 aliphatic carbocycles. The molecular formula is C11H19N3O2S2. The van der Waals surface area contributed by atoms with Crippen molar-refractivity contribution in [3.05, 3.63) is 10.6 Å². The molecule has 18 heavy (non-hydrogen) atoms. The Morgan fingerprint density at radius 1 is 1.50 bits per heavy atom. The van der Waals surface area contributed by atoms with E-state index in [4.69, 9.17) is 0 Å². The maximum Gasteiger partial charge on any atom is 0.234 e.